The fourth-order valence-electron chi connectivity index (χ4n) is 2.42. The van der Waals surface area contributed by atoms with Crippen LogP contribution in [0.2, 0.25) is 0 Å². The summed E-state index contributed by atoms with van der Waals surface area (Å²) in [7, 11) is 0. The first-order valence-corrected chi connectivity index (χ1v) is 6.24. The highest BCUT2D eigenvalue weighted by molar-refractivity contribution is 5.99. The first kappa shape index (κ1) is 12.1. The van der Waals surface area contributed by atoms with E-state index in [1.165, 1.54) is 25.8 Å². The Balaban J connectivity index is 2.37. The molecule has 1 aromatic rings. The van der Waals surface area contributed by atoms with Gasteiger partial charge in [0, 0.05) is 18.7 Å². The Morgan fingerprint density at radius 1 is 1.18 bits per heavy atom. The van der Waals surface area contributed by atoms with E-state index in [9.17, 15) is 9.18 Å². The molecule has 1 aliphatic heterocycles. The van der Waals surface area contributed by atoms with E-state index in [1.807, 2.05) is 4.90 Å². The van der Waals surface area contributed by atoms with E-state index in [-0.39, 0.29) is 11.6 Å². The van der Waals surface area contributed by atoms with E-state index >= 15 is 0 Å². The molecular weight excluding hydrogens is 217 g/mol. The molecule has 1 fully saturated rings. The summed E-state index contributed by atoms with van der Waals surface area (Å²) < 4.78 is 13.9. The molecule has 0 aliphatic carbocycles. The third kappa shape index (κ3) is 2.65. The monoisotopic (exact) mass is 235 g/mol. The molecule has 2 rings (SSSR count). The number of rotatable bonds is 2. The first-order chi connectivity index (χ1) is 8.20. The van der Waals surface area contributed by atoms with Crippen LogP contribution in [0.4, 0.5) is 10.1 Å². The van der Waals surface area contributed by atoms with Gasteiger partial charge in [-0.25, -0.2) is 4.39 Å². The molecule has 3 heteroatoms. The molecule has 1 aromatic carbocycles. The third-order valence-electron chi connectivity index (χ3n) is 3.29. The van der Waals surface area contributed by atoms with Crippen LogP contribution >= 0.6 is 0 Å². The number of carbonyl (C=O) groups is 1. The molecule has 0 bridgehead atoms. The lowest BCUT2D eigenvalue weighted by Crippen LogP contribution is -2.26. The molecule has 2 nitrogen and oxygen atoms in total. The second kappa shape index (κ2) is 5.30. The van der Waals surface area contributed by atoms with Crippen molar-refractivity contribution in [3.8, 4) is 0 Å². The minimum atomic E-state index is -0.278. The van der Waals surface area contributed by atoms with Gasteiger partial charge in [0.25, 0.3) is 0 Å². The van der Waals surface area contributed by atoms with Crippen LogP contribution < -0.4 is 4.90 Å². The SMILES string of the molecule is CC(=O)c1cccc(F)c1N1CCCCCC1. The molecule has 0 radical (unpaired) electrons. The molecule has 1 saturated heterocycles. The molecular formula is C14H18FNO. The van der Waals surface area contributed by atoms with Crippen molar-refractivity contribution in [2.75, 3.05) is 18.0 Å². The molecule has 0 amide bonds. The van der Waals surface area contributed by atoms with Crippen LogP contribution in [0.15, 0.2) is 18.2 Å². The van der Waals surface area contributed by atoms with Crippen molar-refractivity contribution in [2.24, 2.45) is 0 Å². The van der Waals surface area contributed by atoms with Gasteiger partial charge >= 0.3 is 0 Å². The van der Waals surface area contributed by atoms with Gasteiger partial charge in [-0.05, 0) is 31.9 Å². The average molecular weight is 235 g/mol. The van der Waals surface area contributed by atoms with Crippen molar-refractivity contribution < 1.29 is 9.18 Å². The van der Waals surface area contributed by atoms with Crippen molar-refractivity contribution in [1.29, 1.82) is 0 Å². The lowest BCUT2D eigenvalue weighted by molar-refractivity contribution is 0.101. The van der Waals surface area contributed by atoms with Gasteiger partial charge in [-0.1, -0.05) is 18.9 Å². The van der Waals surface area contributed by atoms with Gasteiger partial charge in [-0.15, -0.1) is 0 Å². The molecule has 0 N–H and O–H groups in total. The number of anilines is 1. The van der Waals surface area contributed by atoms with Crippen molar-refractivity contribution in [2.45, 2.75) is 32.6 Å². The van der Waals surface area contributed by atoms with Gasteiger partial charge in [0.15, 0.2) is 5.78 Å². The lowest BCUT2D eigenvalue weighted by atomic mass is 10.1. The fraction of sp³-hybridized carbons (Fsp3) is 0.500. The topological polar surface area (TPSA) is 20.3 Å². The van der Waals surface area contributed by atoms with E-state index in [1.54, 1.807) is 12.1 Å². The summed E-state index contributed by atoms with van der Waals surface area (Å²) >= 11 is 0. The minimum absolute atomic E-state index is 0.0660. The van der Waals surface area contributed by atoms with Gasteiger partial charge < -0.3 is 4.90 Å². The van der Waals surface area contributed by atoms with Gasteiger partial charge in [-0.2, -0.15) is 0 Å². The van der Waals surface area contributed by atoms with Gasteiger partial charge in [-0.3, -0.25) is 4.79 Å². The second-order valence-corrected chi connectivity index (χ2v) is 4.59. The maximum Gasteiger partial charge on any atom is 0.161 e. The maximum atomic E-state index is 13.9. The number of para-hydroxylation sites is 1. The second-order valence-electron chi connectivity index (χ2n) is 4.59. The van der Waals surface area contributed by atoms with E-state index in [2.05, 4.69) is 0 Å². The number of nitrogens with zero attached hydrogens (tertiary/aromatic N) is 1. The molecule has 0 spiro atoms. The van der Waals surface area contributed by atoms with Crippen LogP contribution in [0.25, 0.3) is 0 Å². The number of hydrogen-bond donors (Lipinski definition) is 0. The molecule has 1 aliphatic rings. The molecule has 17 heavy (non-hydrogen) atoms. The molecule has 0 atom stereocenters. The van der Waals surface area contributed by atoms with Crippen LogP contribution in [0.5, 0.6) is 0 Å². The number of ketones is 1. The van der Waals surface area contributed by atoms with Gasteiger partial charge in [0.1, 0.15) is 5.82 Å². The van der Waals surface area contributed by atoms with Crippen molar-refractivity contribution in [3.63, 3.8) is 0 Å². The Hall–Kier alpha value is -1.38. The van der Waals surface area contributed by atoms with Crippen molar-refractivity contribution in [3.05, 3.63) is 29.6 Å². The van der Waals surface area contributed by atoms with E-state index in [0.29, 0.717) is 11.3 Å². The molecule has 0 unspecified atom stereocenters. The van der Waals surface area contributed by atoms with Crippen LogP contribution in [-0.2, 0) is 0 Å². The molecule has 1 heterocycles. The van der Waals surface area contributed by atoms with Crippen LogP contribution in [0.3, 0.4) is 0 Å². The predicted octanol–water partition coefficient (Wildman–Crippen LogP) is 3.41. The molecule has 0 saturated carbocycles. The zero-order chi connectivity index (χ0) is 12.3. The first-order valence-electron chi connectivity index (χ1n) is 6.24. The van der Waals surface area contributed by atoms with Gasteiger partial charge in [0.05, 0.1) is 5.69 Å². The maximum absolute atomic E-state index is 13.9. The Morgan fingerprint density at radius 3 is 2.41 bits per heavy atom. The zero-order valence-electron chi connectivity index (χ0n) is 10.2. The third-order valence-corrected chi connectivity index (χ3v) is 3.29. The number of halogens is 1. The van der Waals surface area contributed by atoms with Crippen molar-refractivity contribution in [1.82, 2.24) is 0 Å². The zero-order valence-corrected chi connectivity index (χ0v) is 10.2. The van der Waals surface area contributed by atoms with Crippen LogP contribution in [-0.4, -0.2) is 18.9 Å². The van der Waals surface area contributed by atoms with E-state index in [4.69, 9.17) is 0 Å². The summed E-state index contributed by atoms with van der Waals surface area (Å²) in [5.74, 6) is -0.344. The van der Waals surface area contributed by atoms with E-state index in [0.717, 1.165) is 25.9 Å². The Morgan fingerprint density at radius 2 is 1.82 bits per heavy atom. The Bertz CT molecular complexity index is 409. The summed E-state index contributed by atoms with van der Waals surface area (Å²) in [6.45, 7) is 3.19. The van der Waals surface area contributed by atoms with Crippen LogP contribution in [0.1, 0.15) is 43.0 Å². The quantitative estimate of drug-likeness (QED) is 0.732. The average Bonchev–Trinajstić information content (AvgIpc) is 2.57. The van der Waals surface area contributed by atoms with E-state index < -0.39 is 0 Å². The lowest BCUT2D eigenvalue weighted by Gasteiger charge is -2.25. The number of hydrogen-bond acceptors (Lipinski definition) is 2. The molecule has 92 valence electrons. The fourth-order valence-corrected chi connectivity index (χ4v) is 2.42. The van der Waals surface area contributed by atoms with Crippen LogP contribution in [0, 0.1) is 5.82 Å². The Kier molecular flexibility index (Phi) is 3.77. The largest absolute Gasteiger partial charge is 0.369 e. The highest BCUT2D eigenvalue weighted by atomic mass is 19.1. The number of benzene rings is 1. The number of Topliss-reactive ketones (excluding diaryl/α,β-unsaturated/α-hetero) is 1. The summed E-state index contributed by atoms with van der Waals surface area (Å²) in [6.07, 6.45) is 4.54. The normalized spacial score (nSPS) is 16.7. The summed E-state index contributed by atoms with van der Waals surface area (Å²) in [5, 5.41) is 0. The number of carbonyl (C=O) groups excluding carboxylic acids is 1. The van der Waals surface area contributed by atoms with Gasteiger partial charge in [0.2, 0.25) is 0 Å². The summed E-state index contributed by atoms with van der Waals surface area (Å²) in [5.41, 5.74) is 1.01. The Labute approximate surface area is 101 Å². The summed E-state index contributed by atoms with van der Waals surface area (Å²) in [4.78, 5) is 13.6. The summed E-state index contributed by atoms with van der Waals surface area (Å²) in [6, 6.07) is 4.76. The standard InChI is InChI=1S/C14H18FNO/c1-11(17)12-7-6-8-13(15)14(12)16-9-4-2-3-5-10-16/h6-8H,2-5,9-10H2,1H3. The molecule has 0 aromatic heterocycles. The van der Waals surface area contributed by atoms with Crippen molar-refractivity contribution >= 4 is 11.5 Å². The minimum Gasteiger partial charge on any atom is -0.369 e. The highest BCUT2D eigenvalue weighted by Crippen LogP contribution is 2.27. The highest BCUT2D eigenvalue weighted by Gasteiger charge is 2.19. The smallest absolute Gasteiger partial charge is 0.161 e. The predicted molar refractivity (Wildman–Crippen MR) is 67.1 cm³/mol.